The lowest BCUT2D eigenvalue weighted by molar-refractivity contribution is 0.0682. The highest BCUT2D eigenvalue weighted by Crippen LogP contribution is 2.29. The topological polar surface area (TPSA) is 145 Å². The van der Waals surface area contributed by atoms with E-state index in [1.165, 1.54) is 38.5 Å². The van der Waals surface area contributed by atoms with Gasteiger partial charge in [-0.05, 0) is 12.1 Å². The smallest absolute Gasteiger partial charge is 0.339 e. The second kappa shape index (κ2) is 9.02. The average molecular weight is 403 g/mol. The zero-order valence-electron chi connectivity index (χ0n) is 13.7. The molecule has 0 amide bonds. The number of ether oxygens (including phenoxy) is 2. The van der Waals surface area contributed by atoms with Gasteiger partial charge in [0.2, 0.25) is 0 Å². The minimum absolute atomic E-state index is 0.00157. The molecule has 0 saturated heterocycles. The fraction of sp³-hybridized carbons (Fsp3) is 0.125. The van der Waals surface area contributed by atoms with Crippen LogP contribution in [0, 0.1) is 0 Å². The van der Waals surface area contributed by atoms with Gasteiger partial charge in [0, 0.05) is 12.1 Å². The van der Waals surface area contributed by atoms with Crippen molar-refractivity contribution in [2.75, 3.05) is 25.7 Å². The quantitative estimate of drug-likeness (QED) is 0.569. The Morgan fingerprint density at radius 3 is 1.35 bits per heavy atom. The highest BCUT2D eigenvalue weighted by Gasteiger charge is 2.14. The number of aromatic carboxylic acids is 2. The minimum atomic E-state index is -1.10. The van der Waals surface area contributed by atoms with Crippen molar-refractivity contribution in [2.24, 2.45) is 0 Å². The van der Waals surface area contributed by atoms with Crippen molar-refractivity contribution in [2.45, 2.75) is 0 Å². The SMILES string of the molecule is COc1cc(N)c(Cl)cc1C(=O)O.COc1cc(N)c(Cl)cc1C(=O)O. The Kier molecular flexibility index (Phi) is 7.36. The van der Waals surface area contributed by atoms with Gasteiger partial charge in [-0.1, -0.05) is 23.2 Å². The average Bonchev–Trinajstić information content (AvgIpc) is 2.59. The number of rotatable bonds is 4. The number of hydrogen-bond donors (Lipinski definition) is 4. The first-order valence-electron chi connectivity index (χ1n) is 6.84. The van der Waals surface area contributed by atoms with Crippen LogP contribution in [0.2, 0.25) is 10.0 Å². The Morgan fingerprint density at radius 1 is 0.808 bits per heavy atom. The van der Waals surface area contributed by atoms with Crippen LogP contribution >= 0.6 is 23.2 Å². The van der Waals surface area contributed by atoms with E-state index in [1.807, 2.05) is 0 Å². The summed E-state index contributed by atoms with van der Waals surface area (Å²) in [5.41, 5.74) is 11.5. The summed E-state index contributed by atoms with van der Waals surface area (Å²) in [7, 11) is 2.74. The van der Waals surface area contributed by atoms with Crippen LogP contribution in [0.3, 0.4) is 0 Å². The van der Waals surface area contributed by atoms with Gasteiger partial charge in [-0.2, -0.15) is 0 Å². The zero-order chi connectivity index (χ0) is 20.0. The van der Waals surface area contributed by atoms with Crippen molar-refractivity contribution in [3.05, 3.63) is 45.4 Å². The molecule has 0 unspecified atom stereocenters. The molecule has 0 aliphatic carbocycles. The third-order valence-corrected chi connectivity index (χ3v) is 3.75. The van der Waals surface area contributed by atoms with Gasteiger partial charge in [-0.15, -0.1) is 0 Å². The van der Waals surface area contributed by atoms with Crippen molar-refractivity contribution in [1.82, 2.24) is 0 Å². The van der Waals surface area contributed by atoms with Crippen LogP contribution in [0.25, 0.3) is 0 Å². The van der Waals surface area contributed by atoms with Gasteiger partial charge in [0.1, 0.15) is 22.6 Å². The third-order valence-electron chi connectivity index (χ3n) is 3.10. The molecule has 0 radical (unpaired) electrons. The number of nitrogens with two attached hydrogens (primary N) is 2. The maximum Gasteiger partial charge on any atom is 0.339 e. The van der Waals surface area contributed by atoms with Crippen LogP contribution in [0.4, 0.5) is 11.4 Å². The van der Waals surface area contributed by atoms with Crippen LogP contribution in [0.1, 0.15) is 20.7 Å². The first-order chi connectivity index (χ1) is 12.1. The summed E-state index contributed by atoms with van der Waals surface area (Å²) in [5, 5.41) is 17.9. The fourth-order valence-corrected chi connectivity index (χ4v) is 2.14. The van der Waals surface area contributed by atoms with Crippen molar-refractivity contribution < 1.29 is 29.3 Å². The number of carbonyl (C=O) groups is 2. The molecular weight excluding hydrogens is 387 g/mol. The maximum atomic E-state index is 10.7. The molecule has 2 aromatic rings. The minimum Gasteiger partial charge on any atom is -0.496 e. The Hall–Kier alpha value is -2.84. The highest BCUT2D eigenvalue weighted by atomic mass is 35.5. The van der Waals surface area contributed by atoms with E-state index in [0.29, 0.717) is 11.4 Å². The number of benzene rings is 2. The highest BCUT2D eigenvalue weighted by molar-refractivity contribution is 6.33. The van der Waals surface area contributed by atoms with E-state index in [2.05, 4.69) is 0 Å². The molecule has 0 atom stereocenters. The molecule has 0 bridgehead atoms. The maximum absolute atomic E-state index is 10.7. The zero-order valence-corrected chi connectivity index (χ0v) is 15.3. The first-order valence-corrected chi connectivity index (χ1v) is 7.60. The summed E-state index contributed by atoms with van der Waals surface area (Å²) in [4.78, 5) is 21.3. The number of methoxy groups -OCH3 is 2. The summed E-state index contributed by atoms with van der Waals surface area (Å²) in [6.07, 6.45) is 0. The number of halogens is 2. The lowest BCUT2D eigenvalue weighted by Crippen LogP contribution is -2.01. The summed E-state index contributed by atoms with van der Waals surface area (Å²) in [5.74, 6) is -1.79. The van der Waals surface area contributed by atoms with Crippen LogP contribution in [0.15, 0.2) is 24.3 Å². The van der Waals surface area contributed by atoms with Crippen molar-refractivity contribution in [1.29, 1.82) is 0 Å². The summed E-state index contributed by atoms with van der Waals surface area (Å²) >= 11 is 11.3. The molecule has 2 rings (SSSR count). The van der Waals surface area contributed by atoms with Crippen LogP contribution in [0.5, 0.6) is 11.5 Å². The van der Waals surface area contributed by atoms with Gasteiger partial charge in [0.05, 0.1) is 35.6 Å². The predicted octanol–water partition coefficient (Wildman–Crippen LogP) is 3.26. The normalized spacial score (nSPS) is 9.69. The largest absolute Gasteiger partial charge is 0.496 e. The van der Waals surface area contributed by atoms with E-state index in [-0.39, 0.29) is 32.7 Å². The van der Waals surface area contributed by atoms with Gasteiger partial charge in [-0.3, -0.25) is 0 Å². The third kappa shape index (κ3) is 5.08. The fourth-order valence-electron chi connectivity index (χ4n) is 1.81. The summed E-state index contributed by atoms with van der Waals surface area (Å²) in [6.45, 7) is 0. The molecule has 26 heavy (non-hydrogen) atoms. The molecule has 140 valence electrons. The Morgan fingerprint density at radius 2 is 1.12 bits per heavy atom. The predicted molar refractivity (Wildman–Crippen MR) is 98.8 cm³/mol. The van der Waals surface area contributed by atoms with Crippen LogP contribution in [-0.4, -0.2) is 36.4 Å². The van der Waals surface area contributed by atoms with Gasteiger partial charge >= 0.3 is 11.9 Å². The Bertz CT molecular complexity index is 772. The monoisotopic (exact) mass is 402 g/mol. The molecule has 0 aromatic heterocycles. The molecule has 0 spiro atoms. The van der Waals surface area contributed by atoms with Crippen molar-refractivity contribution in [3.8, 4) is 11.5 Å². The summed E-state index contributed by atoms with van der Waals surface area (Å²) in [6, 6.07) is 5.29. The molecule has 0 heterocycles. The van der Waals surface area contributed by atoms with Gasteiger partial charge in [0.25, 0.3) is 0 Å². The molecule has 0 fully saturated rings. The van der Waals surface area contributed by atoms with E-state index in [9.17, 15) is 9.59 Å². The van der Waals surface area contributed by atoms with Gasteiger partial charge in [0.15, 0.2) is 0 Å². The first kappa shape index (κ1) is 21.2. The molecule has 0 aliphatic heterocycles. The van der Waals surface area contributed by atoms with Crippen molar-refractivity contribution in [3.63, 3.8) is 0 Å². The van der Waals surface area contributed by atoms with Gasteiger partial charge in [-0.25, -0.2) is 9.59 Å². The molecule has 10 heteroatoms. The van der Waals surface area contributed by atoms with E-state index < -0.39 is 11.9 Å². The number of carboxylic acids is 2. The number of nitrogen functional groups attached to an aromatic ring is 2. The molecule has 2 aromatic carbocycles. The van der Waals surface area contributed by atoms with Crippen LogP contribution < -0.4 is 20.9 Å². The van der Waals surface area contributed by atoms with E-state index in [4.69, 9.17) is 54.4 Å². The van der Waals surface area contributed by atoms with E-state index in [1.54, 1.807) is 0 Å². The van der Waals surface area contributed by atoms with Crippen molar-refractivity contribution >= 4 is 46.5 Å². The molecule has 0 aliphatic rings. The van der Waals surface area contributed by atoms with E-state index >= 15 is 0 Å². The van der Waals surface area contributed by atoms with Gasteiger partial charge < -0.3 is 31.2 Å². The lowest BCUT2D eigenvalue weighted by atomic mass is 10.2. The molecule has 8 nitrogen and oxygen atoms in total. The lowest BCUT2D eigenvalue weighted by Gasteiger charge is -2.06. The Labute approximate surface area is 158 Å². The molecule has 6 N–H and O–H groups in total. The number of hydrogen-bond acceptors (Lipinski definition) is 6. The van der Waals surface area contributed by atoms with E-state index in [0.717, 1.165) is 0 Å². The standard InChI is InChI=1S/2C8H8ClNO3/c2*1-13-7-3-6(10)5(9)2-4(7)8(11)12/h2*2-3H,10H2,1H3,(H,11,12). The second-order valence-corrected chi connectivity index (χ2v) is 5.57. The molecule has 0 saturated carbocycles. The van der Waals surface area contributed by atoms with Crippen LogP contribution in [-0.2, 0) is 0 Å². The summed E-state index contributed by atoms with van der Waals surface area (Å²) < 4.78 is 9.65. The molecular formula is C16H16Cl2N2O6. The second-order valence-electron chi connectivity index (χ2n) is 4.76. The Balaban J connectivity index is 0.000000260. The number of anilines is 2. The number of carboxylic acid groups (broad SMARTS) is 2.